The van der Waals surface area contributed by atoms with Crippen molar-refractivity contribution in [3.63, 3.8) is 0 Å². The van der Waals surface area contributed by atoms with Crippen molar-refractivity contribution in [2.24, 2.45) is 0 Å². The number of hydrogen-bond donors (Lipinski definition) is 0. The van der Waals surface area contributed by atoms with Crippen molar-refractivity contribution >= 4 is 151 Å². The summed E-state index contributed by atoms with van der Waals surface area (Å²) in [6, 6.07) is 75.4. The van der Waals surface area contributed by atoms with Crippen LogP contribution in [0, 0.1) is 0 Å². The van der Waals surface area contributed by atoms with Crippen LogP contribution in [0.5, 0.6) is 0 Å². The van der Waals surface area contributed by atoms with Crippen LogP contribution in [0.1, 0.15) is 0 Å². The zero-order valence-corrected chi connectivity index (χ0v) is 42.6. The highest BCUT2D eigenvalue weighted by molar-refractivity contribution is 7.26. The molecule has 0 aliphatic heterocycles. The highest BCUT2D eigenvalue weighted by atomic mass is 32.1. The van der Waals surface area contributed by atoms with E-state index in [2.05, 4.69) is 236 Å². The monoisotopic (exact) mass is 1020 g/mol. The molecule has 5 aromatic heterocycles. The minimum absolute atomic E-state index is 0.839. The Labute approximate surface area is 448 Å². The predicted molar refractivity (Wildman–Crippen MR) is 323 cm³/mol. The molecule has 0 fully saturated rings. The van der Waals surface area contributed by atoms with E-state index in [1.165, 1.54) is 61.9 Å². The van der Waals surface area contributed by atoms with Crippen molar-refractivity contribution in [2.75, 3.05) is 9.80 Å². The van der Waals surface area contributed by atoms with Gasteiger partial charge in [0.2, 0.25) is 0 Å². The van der Waals surface area contributed by atoms with Gasteiger partial charge in [0.15, 0.2) is 0 Å². The molecule has 11 aromatic carbocycles. The summed E-state index contributed by atoms with van der Waals surface area (Å²) in [4.78, 5) is 21.9. The molecule has 0 saturated carbocycles. The minimum Gasteiger partial charge on any atom is -0.456 e. The number of thiophene rings is 2. The van der Waals surface area contributed by atoms with Crippen LogP contribution in [-0.2, 0) is 0 Å². The number of anilines is 6. The molecule has 360 valence electrons. The Morgan fingerprint density at radius 1 is 0.286 bits per heavy atom. The molecule has 16 rings (SSSR count). The second-order valence-electron chi connectivity index (χ2n) is 19.5. The summed E-state index contributed by atoms with van der Waals surface area (Å²) >= 11 is 3.67. The maximum Gasteiger partial charge on any atom is 0.136 e. The second-order valence-corrected chi connectivity index (χ2v) is 21.6. The lowest BCUT2D eigenvalue weighted by Crippen LogP contribution is -2.10. The fourth-order valence-electron chi connectivity index (χ4n) is 11.6. The molecule has 0 aliphatic rings. The normalized spacial score (nSPS) is 11.9. The van der Waals surface area contributed by atoms with Gasteiger partial charge in [-0.25, -0.2) is 19.9 Å². The van der Waals surface area contributed by atoms with Gasteiger partial charge in [-0.1, -0.05) is 103 Å². The Bertz CT molecular complexity index is 5000. The van der Waals surface area contributed by atoms with E-state index in [0.29, 0.717) is 0 Å². The number of nitrogens with zero attached hydrogens (tertiary/aromatic N) is 6. The fraction of sp³-hybridized carbons (Fsp3) is 0. The molecule has 0 saturated heterocycles. The first-order chi connectivity index (χ1) is 38.1. The van der Waals surface area contributed by atoms with Gasteiger partial charge in [0.05, 0.1) is 10.4 Å². The molecule has 0 unspecified atom stereocenters. The largest absolute Gasteiger partial charge is 0.456 e. The first kappa shape index (κ1) is 43.6. The Kier molecular flexibility index (Phi) is 9.85. The van der Waals surface area contributed by atoms with Gasteiger partial charge in [0.1, 0.15) is 23.8 Å². The Hall–Kier alpha value is -9.80. The van der Waals surface area contributed by atoms with Crippen LogP contribution in [0.15, 0.2) is 248 Å². The van der Waals surface area contributed by atoms with E-state index in [4.69, 9.17) is 4.42 Å². The summed E-state index contributed by atoms with van der Waals surface area (Å²) in [6.07, 6.45) is 10.6. The standard InChI is InChI=1S/C68H40N6OS2/c1-2-9-51-50(8-1)56-30-47(73(45-20-16-41(17-21-45)43-35-69-39-70-36-43)48-26-29-67-61(32-48)54-11-4-5-14-65(54)76-67)24-27-52(56)58-34-64-60(33-57(51)58)59-31-49(25-28-63(59)75-64)74(46-22-18-42(19-23-46)44-37-71-40-72-38-44)62-13-7-12-55-53-10-3-6-15-66(53)77-68(55)62/h1-40H. The van der Waals surface area contributed by atoms with Crippen molar-refractivity contribution in [3.8, 4) is 22.3 Å². The summed E-state index contributed by atoms with van der Waals surface area (Å²) in [5.74, 6) is 0. The number of furan rings is 1. The van der Waals surface area contributed by atoms with E-state index in [9.17, 15) is 0 Å². The molecule has 77 heavy (non-hydrogen) atoms. The molecule has 0 atom stereocenters. The highest BCUT2D eigenvalue weighted by Crippen LogP contribution is 2.48. The van der Waals surface area contributed by atoms with E-state index in [0.717, 1.165) is 89.1 Å². The van der Waals surface area contributed by atoms with Crippen molar-refractivity contribution in [3.05, 3.63) is 244 Å². The Balaban J connectivity index is 0.864. The topological polar surface area (TPSA) is 71.2 Å². The molecule has 0 aliphatic carbocycles. The first-order valence-electron chi connectivity index (χ1n) is 25.5. The van der Waals surface area contributed by atoms with E-state index in [1.54, 1.807) is 12.7 Å². The number of fused-ring (bicyclic) bond motifs is 15. The van der Waals surface area contributed by atoms with Crippen LogP contribution in [0.25, 0.3) is 117 Å². The molecule has 0 N–H and O–H groups in total. The van der Waals surface area contributed by atoms with Gasteiger partial charge in [-0.05, 0) is 147 Å². The number of aromatic nitrogens is 4. The summed E-state index contributed by atoms with van der Waals surface area (Å²) in [5, 5.41) is 14.2. The van der Waals surface area contributed by atoms with Crippen molar-refractivity contribution in [1.29, 1.82) is 0 Å². The van der Waals surface area contributed by atoms with Crippen molar-refractivity contribution < 1.29 is 4.42 Å². The quantitative estimate of drug-likeness (QED) is 0.140. The maximum absolute atomic E-state index is 6.88. The average molecular weight is 1020 g/mol. The Morgan fingerprint density at radius 2 is 0.753 bits per heavy atom. The zero-order valence-electron chi connectivity index (χ0n) is 41.0. The molecule has 0 amide bonds. The van der Waals surface area contributed by atoms with Gasteiger partial charge in [-0.2, -0.15) is 0 Å². The van der Waals surface area contributed by atoms with Gasteiger partial charge in [-0.15, -0.1) is 22.7 Å². The van der Waals surface area contributed by atoms with Crippen molar-refractivity contribution in [1.82, 2.24) is 19.9 Å². The molecule has 7 nitrogen and oxygen atoms in total. The van der Waals surface area contributed by atoms with E-state index in [1.807, 2.05) is 47.5 Å². The zero-order chi connectivity index (χ0) is 50.6. The molecule has 16 aromatic rings. The summed E-state index contributed by atoms with van der Waals surface area (Å²) in [7, 11) is 0. The van der Waals surface area contributed by atoms with Crippen LogP contribution in [0.3, 0.4) is 0 Å². The molecule has 9 heteroatoms. The molecular formula is C68H40N6OS2. The second kappa shape index (κ2) is 17.4. The van der Waals surface area contributed by atoms with E-state index >= 15 is 0 Å². The van der Waals surface area contributed by atoms with E-state index < -0.39 is 0 Å². The SMILES string of the molecule is c1ccc2c(c1)sc1ccc(N(c3ccc(-c4cncnc4)cc3)c3ccc4c(c3)c3ccccc3c3cc5c(cc43)oc3ccc(N(c4ccc(-c6cncnc6)cc4)c4cccc6c4sc4ccccc46)cc35)cc12. The summed E-state index contributed by atoms with van der Waals surface area (Å²) < 4.78 is 11.9. The van der Waals surface area contributed by atoms with Crippen LogP contribution in [0.4, 0.5) is 34.1 Å². The van der Waals surface area contributed by atoms with Crippen LogP contribution >= 0.6 is 22.7 Å². The summed E-state index contributed by atoms with van der Waals surface area (Å²) in [6.45, 7) is 0. The highest BCUT2D eigenvalue weighted by Gasteiger charge is 2.22. The third-order valence-electron chi connectivity index (χ3n) is 15.2. The number of rotatable bonds is 8. The minimum atomic E-state index is 0.839. The van der Waals surface area contributed by atoms with Crippen LogP contribution in [0.2, 0.25) is 0 Å². The fourth-order valence-corrected chi connectivity index (χ4v) is 13.9. The number of hydrogen-bond acceptors (Lipinski definition) is 9. The maximum atomic E-state index is 6.88. The third-order valence-corrected chi connectivity index (χ3v) is 17.6. The molecule has 0 radical (unpaired) electrons. The van der Waals surface area contributed by atoms with Crippen LogP contribution in [-0.4, -0.2) is 19.9 Å². The Morgan fingerprint density at radius 3 is 1.44 bits per heavy atom. The molecule has 0 spiro atoms. The lowest BCUT2D eigenvalue weighted by molar-refractivity contribution is 0.669. The van der Waals surface area contributed by atoms with Gasteiger partial charge in [-0.3, -0.25) is 0 Å². The third kappa shape index (κ3) is 7.09. The smallest absolute Gasteiger partial charge is 0.136 e. The lowest BCUT2D eigenvalue weighted by Gasteiger charge is -2.26. The van der Waals surface area contributed by atoms with E-state index in [-0.39, 0.29) is 0 Å². The first-order valence-corrected chi connectivity index (χ1v) is 27.2. The van der Waals surface area contributed by atoms with Gasteiger partial charge >= 0.3 is 0 Å². The van der Waals surface area contributed by atoms with Gasteiger partial charge in [0.25, 0.3) is 0 Å². The molecule has 5 heterocycles. The van der Waals surface area contributed by atoms with Gasteiger partial charge in [0, 0.05) is 111 Å². The summed E-state index contributed by atoms with van der Waals surface area (Å²) in [5.41, 5.74) is 12.2. The lowest BCUT2D eigenvalue weighted by atomic mass is 9.92. The van der Waals surface area contributed by atoms with Gasteiger partial charge < -0.3 is 14.2 Å². The molecular weight excluding hydrogens is 981 g/mol. The predicted octanol–water partition coefficient (Wildman–Crippen LogP) is 19.6. The number of benzene rings is 11. The molecule has 0 bridgehead atoms. The average Bonchev–Trinajstić information content (AvgIpc) is 4.23. The van der Waals surface area contributed by atoms with Crippen molar-refractivity contribution in [2.45, 2.75) is 0 Å². The van der Waals surface area contributed by atoms with Crippen LogP contribution < -0.4 is 9.80 Å².